The third-order valence-electron chi connectivity index (χ3n) is 2.76. The van der Waals surface area contributed by atoms with Gasteiger partial charge in [-0.25, -0.2) is 4.68 Å². The van der Waals surface area contributed by atoms with Crippen LogP contribution in [0.3, 0.4) is 0 Å². The first-order valence-corrected chi connectivity index (χ1v) is 6.85. The summed E-state index contributed by atoms with van der Waals surface area (Å²) in [6, 6.07) is 11.0. The van der Waals surface area contributed by atoms with E-state index >= 15 is 0 Å². The molecule has 6 heteroatoms. The molecule has 1 amide bonds. The van der Waals surface area contributed by atoms with Crippen molar-refractivity contribution in [2.45, 2.75) is 6.92 Å². The minimum atomic E-state index is -0.167. The molecule has 2 aromatic heterocycles. The quantitative estimate of drug-likeness (QED) is 0.804. The predicted molar refractivity (Wildman–Crippen MR) is 78.4 cm³/mol. The summed E-state index contributed by atoms with van der Waals surface area (Å²) in [6.45, 7) is 1.89. The third kappa shape index (κ3) is 2.46. The van der Waals surface area contributed by atoms with E-state index < -0.39 is 0 Å². The van der Waals surface area contributed by atoms with Crippen LogP contribution >= 0.6 is 11.5 Å². The molecule has 0 atom stereocenters. The van der Waals surface area contributed by atoms with Gasteiger partial charge in [-0.2, -0.15) is 9.47 Å². The van der Waals surface area contributed by atoms with Crippen molar-refractivity contribution < 1.29 is 4.79 Å². The summed E-state index contributed by atoms with van der Waals surface area (Å²) in [7, 11) is 0. The van der Waals surface area contributed by atoms with E-state index in [2.05, 4.69) is 14.8 Å². The lowest BCUT2D eigenvalue weighted by Crippen LogP contribution is -2.14. The molecule has 1 N–H and O–H groups in total. The molecular formula is C14H12N4OS. The molecule has 5 nitrogen and oxygen atoms in total. The van der Waals surface area contributed by atoms with Gasteiger partial charge in [-0.15, -0.1) is 0 Å². The van der Waals surface area contributed by atoms with Gasteiger partial charge in [0.15, 0.2) is 0 Å². The number of hydrogen-bond acceptors (Lipinski definition) is 4. The molecule has 2 heterocycles. The third-order valence-corrected chi connectivity index (χ3v) is 3.56. The lowest BCUT2D eigenvalue weighted by Gasteiger charge is -2.08. The van der Waals surface area contributed by atoms with Gasteiger partial charge < -0.3 is 5.32 Å². The summed E-state index contributed by atoms with van der Waals surface area (Å²) in [5.41, 5.74) is 2.21. The molecule has 0 radical (unpaired) electrons. The standard InChI is InChI=1S/C14H12N4OS/c1-10-9-13(20-17-10)16-14(19)11-5-2-3-6-12(11)18-8-4-7-15-18/h2-9H,1H3,(H,16,19). The number of aromatic nitrogens is 3. The van der Waals surface area contributed by atoms with Gasteiger partial charge in [-0.05, 0) is 42.7 Å². The first-order chi connectivity index (χ1) is 9.74. The fraction of sp³-hybridized carbons (Fsp3) is 0.0714. The van der Waals surface area contributed by atoms with Gasteiger partial charge in [-0.1, -0.05) is 12.1 Å². The molecule has 0 saturated carbocycles. The predicted octanol–water partition coefficient (Wildman–Crippen LogP) is 2.89. The zero-order chi connectivity index (χ0) is 13.9. The molecule has 20 heavy (non-hydrogen) atoms. The second kappa shape index (κ2) is 5.26. The molecule has 0 spiro atoms. The molecule has 100 valence electrons. The van der Waals surface area contributed by atoms with Crippen molar-refractivity contribution >= 4 is 22.4 Å². The van der Waals surface area contributed by atoms with Gasteiger partial charge in [0, 0.05) is 12.4 Å². The SMILES string of the molecule is Cc1cc(NC(=O)c2ccccc2-n2cccn2)sn1. The number of anilines is 1. The van der Waals surface area contributed by atoms with Crippen LogP contribution < -0.4 is 5.32 Å². The van der Waals surface area contributed by atoms with Crippen LogP contribution in [0.25, 0.3) is 5.69 Å². The second-order valence-electron chi connectivity index (χ2n) is 4.25. The average Bonchev–Trinajstić information content (AvgIpc) is 3.10. The lowest BCUT2D eigenvalue weighted by atomic mass is 10.1. The van der Waals surface area contributed by atoms with Crippen LogP contribution in [-0.4, -0.2) is 20.1 Å². The van der Waals surface area contributed by atoms with Crippen LogP contribution in [0.2, 0.25) is 0 Å². The Morgan fingerprint density at radius 1 is 1.30 bits per heavy atom. The minimum Gasteiger partial charge on any atom is -0.312 e. The molecule has 0 saturated heterocycles. The van der Waals surface area contributed by atoms with E-state index in [-0.39, 0.29) is 5.91 Å². The van der Waals surface area contributed by atoms with Gasteiger partial charge in [0.25, 0.3) is 5.91 Å². The maximum atomic E-state index is 12.4. The number of nitrogens with one attached hydrogen (secondary N) is 1. The Kier molecular flexibility index (Phi) is 3.30. The molecule has 0 aliphatic heterocycles. The highest BCUT2D eigenvalue weighted by molar-refractivity contribution is 7.10. The molecule has 0 unspecified atom stereocenters. The molecule has 0 bridgehead atoms. The number of amides is 1. The van der Waals surface area contributed by atoms with Crippen molar-refractivity contribution in [2.75, 3.05) is 5.32 Å². The Morgan fingerprint density at radius 3 is 2.85 bits per heavy atom. The van der Waals surface area contributed by atoms with E-state index in [0.717, 1.165) is 16.4 Å². The molecule has 0 aliphatic rings. The van der Waals surface area contributed by atoms with Crippen molar-refractivity contribution in [2.24, 2.45) is 0 Å². The summed E-state index contributed by atoms with van der Waals surface area (Å²) in [5, 5.41) is 7.76. The highest BCUT2D eigenvalue weighted by Gasteiger charge is 2.13. The van der Waals surface area contributed by atoms with Crippen LogP contribution in [0.1, 0.15) is 16.1 Å². The van der Waals surface area contributed by atoms with Gasteiger partial charge in [-0.3, -0.25) is 4.79 Å². The number of carbonyl (C=O) groups excluding carboxylic acids is 1. The van der Waals surface area contributed by atoms with Gasteiger partial charge in [0.05, 0.1) is 16.9 Å². The Bertz CT molecular complexity index is 733. The minimum absolute atomic E-state index is 0.167. The maximum Gasteiger partial charge on any atom is 0.258 e. The van der Waals surface area contributed by atoms with Gasteiger partial charge >= 0.3 is 0 Å². The van der Waals surface area contributed by atoms with E-state index in [1.807, 2.05) is 43.5 Å². The Morgan fingerprint density at radius 2 is 2.15 bits per heavy atom. The Labute approximate surface area is 120 Å². The zero-order valence-corrected chi connectivity index (χ0v) is 11.6. The van der Waals surface area contributed by atoms with Crippen LogP contribution in [0.5, 0.6) is 0 Å². The fourth-order valence-corrected chi connectivity index (χ4v) is 2.54. The van der Waals surface area contributed by atoms with Gasteiger partial charge in [0.1, 0.15) is 5.00 Å². The number of nitrogens with zero attached hydrogens (tertiary/aromatic N) is 3. The monoisotopic (exact) mass is 284 g/mol. The van der Waals surface area contributed by atoms with E-state index in [0.29, 0.717) is 5.56 Å². The fourth-order valence-electron chi connectivity index (χ4n) is 1.88. The summed E-state index contributed by atoms with van der Waals surface area (Å²) >= 11 is 1.27. The Balaban J connectivity index is 1.92. The molecule has 3 aromatic rings. The first kappa shape index (κ1) is 12.6. The summed E-state index contributed by atoms with van der Waals surface area (Å²) in [5.74, 6) is -0.167. The second-order valence-corrected chi connectivity index (χ2v) is 5.06. The highest BCUT2D eigenvalue weighted by atomic mass is 32.1. The number of benzene rings is 1. The van der Waals surface area contributed by atoms with Gasteiger partial charge in [0.2, 0.25) is 0 Å². The van der Waals surface area contributed by atoms with Crippen LogP contribution in [0.15, 0.2) is 48.8 Å². The molecule has 3 rings (SSSR count). The van der Waals surface area contributed by atoms with Crippen molar-refractivity contribution in [3.05, 3.63) is 60.0 Å². The Hall–Kier alpha value is -2.47. The largest absolute Gasteiger partial charge is 0.312 e. The van der Waals surface area contributed by atoms with Crippen molar-refractivity contribution in [1.82, 2.24) is 14.2 Å². The van der Waals surface area contributed by atoms with Crippen molar-refractivity contribution in [1.29, 1.82) is 0 Å². The van der Waals surface area contributed by atoms with E-state index in [1.54, 1.807) is 16.9 Å². The normalized spacial score (nSPS) is 10.4. The number of carbonyl (C=O) groups is 1. The zero-order valence-electron chi connectivity index (χ0n) is 10.8. The van der Waals surface area contributed by atoms with Crippen LogP contribution in [-0.2, 0) is 0 Å². The van der Waals surface area contributed by atoms with Crippen LogP contribution in [0, 0.1) is 6.92 Å². The maximum absolute atomic E-state index is 12.4. The topological polar surface area (TPSA) is 59.8 Å². The van der Waals surface area contributed by atoms with Crippen molar-refractivity contribution in [3.63, 3.8) is 0 Å². The summed E-state index contributed by atoms with van der Waals surface area (Å²) in [4.78, 5) is 12.4. The first-order valence-electron chi connectivity index (χ1n) is 6.08. The van der Waals surface area contributed by atoms with E-state index in [1.165, 1.54) is 11.5 Å². The number of rotatable bonds is 3. The number of aryl methyl sites for hydroxylation is 1. The smallest absolute Gasteiger partial charge is 0.258 e. The molecule has 0 fully saturated rings. The lowest BCUT2D eigenvalue weighted by molar-refractivity contribution is 0.102. The molecule has 1 aromatic carbocycles. The van der Waals surface area contributed by atoms with Crippen molar-refractivity contribution in [3.8, 4) is 5.69 Å². The molecule has 0 aliphatic carbocycles. The average molecular weight is 284 g/mol. The number of para-hydroxylation sites is 1. The molecular weight excluding hydrogens is 272 g/mol. The highest BCUT2D eigenvalue weighted by Crippen LogP contribution is 2.19. The number of hydrogen-bond donors (Lipinski definition) is 1. The van der Waals surface area contributed by atoms with Crippen LogP contribution in [0.4, 0.5) is 5.00 Å². The summed E-state index contributed by atoms with van der Waals surface area (Å²) in [6.07, 6.45) is 3.49. The van der Waals surface area contributed by atoms with E-state index in [9.17, 15) is 4.79 Å². The van der Waals surface area contributed by atoms with E-state index in [4.69, 9.17) is 0 Å². The summed E-state index contributed by atoms with van der Waals surface area (Å²) < 4.78 is 5.82.